The smallest absolute Gasteiger partial charge is 0.234 e. The van der Waals surface area contributed by atoms with Crippen LogP contribution in [0, 0.1) is 12.7 Å². The first-order chi connectivity index (χ1) is 13.7. The second-order valence-electron chi connectivity index (χ2n) is 5.76. The maximum Gasteiger partial charge on any atom is 0.234 e. The standard InChI is InChI=1S/C17H14ClFN4O3S3/c1-9-2-3-10(19)6-11(9)22-14(24)8-27-17-21-7-12(16(20)23-17)29(25,26)15-5-4-13(18)28-15/h2-7H,8H2,1H3,(H,22,24)(H2,20,21,23). The van der Waals surface area contributed by atoms with Gasteiger partial charge < -0.3 is 11.1 Å². The zero-order valence-electron chi connectivity index (χ0n) is 14.8. The number of amides is 1. The number of rotatable bonds is 6. The van der Waals surface area contributed by atoms with Crippen LogP contribution >= 0.6 is 34.7 Å². The number of hydrogen-bond donors (Lipinski definition) is 2. The van der Waals surface area contributed by atoms with Gasteiger partial charge in [0.1, 0.15) is 20.7 Å². The zero-order chi connectivity index (χ0) is 21.2. The number of carbonyl (C=O) groups is 1. The average molecular weight is 473 g/mol. The zero-order valence-corrected chi connectivity index (χ0v) is 18.1. The van der Waals surface area contributed by atoms with Crippen molar-refractivity contribution in [2.45, 2.75) is 21.2 Å². The summed E-state index contributed by atoms with van der Waals surface area (Å²) in [7, 11) is -3.89. The van der Waals surface area contributed by atoms with Crippen molar-refractivity contribution >= 4 is 61.9 Å². The van der Waals surface area contributed by atoms with Gasteiger partial charge in [0.25, 0.3) is 0 Å². The molecule has 1 aromatic carbocycles. The third kappa shape index (κ3) is 5.04. The number of carbonyl (C=O) groups excluding carboxylic acids is 1. The van der Waals surface area contributed by atoms with Crippen LogP contribution in [0.4, 0.5) is 15.9 Å². The van der Waals surface area contributed by atoms with Crippen LogP contribution < -0.4 is 11.1 Å². The van der Waals surface area contributed by atoms with Gasteiger partial charge in [-0.2, -0.15) is 0 Å². The van der Waals surface area contributed by atoms with E-state index in [-0.39, 0.29) is 25.8 Å². The number of nitrogens with two attached hydrogens (primary N) is 1. The van der Waals surface area contributed by atoms with Gasteiger partial charge in [0.15, 0.2) is 5.16 Å². The number of nitrogen functional groups attached to an aromatic ring is 1. The first-order valence-electron chi connectivity index (χ1n) is 7.98. The highest BCUT2D eigenvalue weighted by molar-refractivity contribution is 7.99. The molecule has 7 nitrogen and oxygen atoms in total. The van der Waals surface area contributed by atoms with Gasteiger partial charge >= 0.3 is 0 Å². The van der Waals surface area contributed by atoms with Crippen LogP contribution in [0.5, 0.6) is 0 Å². The molecule has 152 valence electrons. The third-order valence-corrected chi connectivity index (χ3v) is 8.02. The number of aromatic nitrogens is 2. The molecule has 0 aliphatic heterocycles. The number of nitrogens with one attached hydrogen (secondary N) is 1. The monoisotopic (exact) mass is 472 g/mol. The Labute approximate surface area is 179 Å². The SMILES string of the molecule is Cc1ccc(F)cc1NC(=O)CSc1ncc(S(=O)(=O)c2ccc(Cl)s2)c(N)n1. The lowest BCUT2D eigenvalue weighted by molar-refractivity contribution is -0.113. The molecule has 1 amide bonds. The van der Waals surface area contributed by atoms with Gasteiger partial charge in [0, 0.05) is 5.69 Å². The summed E-state index contributed by atoms with van der Waals surface area (Å²) >= 11 is 7.67. The van der Waals surface area contributed by atoms with Crippen molar-refractivity contribution in [2.75, 3.05) is 16.8 Å². The minimum Gasteiger partial charge on any atom is -0.382 e. The molecule has 0 aliphatic carbocycles. The molecule has 29 heavy (non-hydrogen) atoms. The Morgan fingerprint density at radius 3 is 2.76 bits per heavy atom. The Balaban J connectivity index is 1.69. The number of nitrogens with zero attached hydrogens (tertiary/aromatic N) is 2. The minimum absolute atomic E-state index is 0.0306. The van der Waals surface area contributed by atoms with Crippen LogP contribution in [0.15, 0.2) is 50.8 Å². The summed E-state index contributed by atoms with van der Waals surface area (Å²) in [4.78, 5) is 19.8. The number of thiophene rings is 1. The molecule has 0 radical (unpaired) electrons. The molecule has 3 rings (SSSR count). The van der Waals surface area contributed by atoms with Crippen molar-refractivity contribution < 1.29 is 17.6 Å². The van der Waals surface area contributed by atoms with Gasteiger partial charge in [-0.1, -0.05) is 29.4 Å². The van der Waals surface area contributed by atoms with Crippen molar-refractivity contribution in [3.05, 3.63) is 52.2 Å². The van der Waals surface area contributed by atoms with Crippen LogP contribution in [-0.2, 0) is 14.6 Å². The molecule has 0 aliphatic rings. The van der Waals surface area contributed by atoms with E-state index in [0.717, 1.165) is 29.3 Å². The fraction of sp³-hybridized carbons (Fsp3) is 0.118. The highest BCUT2D eigenvalue weighted by Crippen LogP contribution is 2.32. The first kappa shape index (κ1) is 21.5. The number of halogens is 2. The Morgan fingerprint density at radius 2 is 2.10 bits per heavy atom. The molecule has 0 bridgehead atoms. The number of hydrogen-bond acceptors (Lipinski definition) is 8. The van der Waals surface area contributed by atoms with E-state index in [0.29, 0.717) is 15.6 Å². The molecule has 12 heteroatoms. The van der Waals surface area contributed by atoms with E-state index in [2.05, 4.69) is 15.3 Å². The summed E-state index contributed by atoms with van der Waals surface area (Å²) in [5, 5.41) is 2.74. The second-order valence-corrected chi connectivity index (χ2v) is 10.6. The van der Waals surface area contributed by atoms with E-state index >= 15 is 0 Å². The van der Waals surface area contributed by atoms with Crippen LogP contribution in [0.25, 0.3) is 0 Å². The normalized spacial score (nSPS) is 11.4. The van der Waals surface area contributed by atoms with E-state index in [1.165, 1.54) is 24.3 Å². The predicted molar refractivity (Wildman–Crippen MR) is 112 cm³/mol. The van der Waals surface area contributed by atoms with E-state index in [4.69, 9.17) is 17.3 Å². The average Bonchev–Trinajstić information content (AvgIpc) is 3.10. The van der Waals surface area contributed by atoms with Crippen LogP contribution in [-0.4, -0.2) is 30.0 Å². The predicted octanol–water partition coefficient (Wildman–Crippen LogP) is 3.78. The summed E-state index contributed by atoms with van der Waals surface area (Å²) in [5.74, 6) is -1.15. The third-order valence-electron chi connectivity index (χ3n) is 3.67. The molecule has 0 saturated heterocycles. The molecular weight excluding hydrogens is 459 g/mol. The highest BCUT2D eigenvalue weighted by Gasteiger charge is 2.24. The van der Waals surface area contributed by atoms with Crippen molar-refractivity contribution in [2.24, 2.45) is 0 Å². The summed E-state index contributed by atoms with van der Waals surface area (Å²) in [6, 6.07) is 6.93. The Hall–Kier alpha value is -2.21. The molecular formula is C17H14ClFN4O3S3. The van der Waals surface area contributed by atoms with Gasteiger partial charge in [-0.05, 0) is 36.8 Å². The number of benzene rings is 1. The lowest BCUT2D eigenvalue weighted by Gasteiger charge is -2.09. The molecule has 3 N–H and O–H groups in total. The van der Waals surface area contributed by atoms with E-state index < -0.39 is 21.6 Å². The second kappa shape index (κ2) is 8.66. The van der Waals surface area contributed by atoms with Gasteiger partial charge in [-0.15, -0.1) is 11.3 Å². The van der Waals surface area contributed by atoms with E-state index in [9.17, 15) is 17.6 Å². The minimum atomic E-state index is -3.89. The molecule has 2 aromatic heterocycles. The van der Waals surface area contributed by atoms with Gasteiger partial charge in [0.05, 0.1) is 16.3 Å². The Morgan fingerprint density at radius 1 is 1.34 bits per heavy atom. The maximum absolute atomic E-state index is 13.3. The van der Waals surface area contributed by atoms with Crippen LogP contribution in [0.1, 0.15) is 5.56 Å². The van der Waals surface area contributed by atoms with Crippen LogP contribution in [0.2, 0.25) is 4.34 Å². The molecule has 0 unspecified atom stereocenters. The van der Waals surface area contributed by atoms with Crippen molar-refractivity contribution in [3.8, 4) is 0 Å². The van der Waals surface area contributed by atoms with Gasteiger partial charge in [0.2, 0.25) is 15.7 Å². The fourth-order valence-electron chi connectivity index (χ4n) is 2.24. The topological polar surface area (TPSA) is 115 Å². The summed E-state index contributed by atoms with van der Waals surface area (Å²) < 4.78 is 38.9. The quantitative estimate of drug-likeness (QED) is 0.414. The maximum atomic E-state index is 13.3. The van der Waals surface area contributed by atoms with Crippen molar-refractivity contribution in [3.63, 3.8) is 0 Å². The molecule has 0 atom stereocenters. The first-order valence-corrected chi connectivity index (χ1v) is 11.6. The molecule has 0 fully saturated rings. The van der Waals surface area contributed by atoms with E-state index in [1.54, 1.807) is 13.0 Å². The fourth-order valence-corrected chi connectivity index (χ4v) is 5.73. The highest BCUT2D eigenvalue weighted by atomic mass is 35.5. The molecule has 0 saturated carbocycles. The summed E-state index contributed by atoms with van der Waals surface area (Å²) in [6.45, 7) is 1.74. The van der Waals surface area contributed by atoms with E-state index in [1.807, 2.05) is 0 Å². The number of anilines is 2. The van der Waals surface area contributed by atoms with Crippen molar-refractivity contribution in [1.29, 1.82) is 0 Å². The van der Waals surface area contributed by atoms with Crippen LogP contribution in [0.3, 0.4) is 0 Å². The number of sulfone groups is 1. The molecule has 2 heterocycles. The molecule has 3 aromatic rings. The lowest BCUT2D eigenvalue weighted by Crippen LogP contribution is -2.15. The van der Waals surface area contributed by atoms with Crippen molar-refractivity contribution in [1.82, 2.24) is 9.97 Å². The van der Waals surface area contributed by atoms with Gasteiger partial charge in [-0.3, -0.25) is 4.79 Å². The lowest BCUT2D eigenvalue weighted by atomic mass is 10.2. The Kier molecular flexibility index (Phi) is 6.42. The summed E-state index contributed by atoms with van der Waals surface area (Å²) in [5.41, 5.74) is 6.89. The largest absolute Gasteiger partial charge is 0.382 e. The molecule has 0 spiro atoms. The Bertz CT molecular complexity index is 1180. The number of aryl methyl sites for hydroxylation is 1. The number of thioether (sulfide) groups is 1. The van der Waals surface area contributed by atoms with Gasteiger partial charge in [-0.25, -0.2) is 22.8 Å². The summed E-state index contributed by atoms with van der Waals surface area (Å²) in [6.07, 6.45) is 1.10.